The van der Waals surface area contributed by atoms with E-state index in [2.05, 4.69) is 44.3 Å². The summed E-state index contributed by atoms with van der Waals surface area (Å²) >= 11 is 0. The first-order chi connectivity index (χ1) is 9.10. The Balaban J connectivity index is 2.75. The monoisotopic (exact) mass is 265 g/mol. The lowest BCUT2D eigenvalue weighted by molar-refractivity contribution is 0.198. The molecular weight excluding hydrogens is 238 g/mol. The van der Waals surface area contributed by atoms with Crippen LogP contribution in [0.1, 0.15) is 30.9 Å². The van der Waals surface area contributed by atoms with Gasteiger partial charge in [-0.3, -0.25) is 0 Å². The van der Waals surface area contributed by atoms with E-state index in [1.165, 1.54) is 11.1 Å². The van der Waals surface area contributed by atoms with Gasteiger partial charge in [0.2, 0.25) is 0 Å². The molecule has 1 N–H and O–H groups in total. The van der Waals surface area contributed by atoms with Crippen molar-refractivity contribution in [3.8, 4) is 5.75 Å². The molecule has 3 nitrogen and oxygen atoms in total. The lowest BCUT2D eigenvalue weighted by Gasteiger charge is -2.23. The molecule has 0 aliphatic heterocycles. The average Bonchev–Trinajstić information content (AvgIpc) is 2.39. The predicted octanol–water partition coefficient (Wildman–Crippen LogP) is 2.98. The maximum Gasteiger partial charge on any atom is 0.122 e. The van der Waals surface area contributed by atoms with E-state index in [1.54, 1.807) is 14.2 Å². The fraction of sp³-hybridized carbons (Fsp3) is 0.625. The van der Waals surface area contributed by atoms with Crippen LogP contribution in [-0.2, 0) is 4.74 Å². The van der Waals surface area contributed by atoms with E-state index in [9.17, 15) is 0 Å². The number of benzene rings is 1. The quantitative estimate of drug-likeness (QED) is 0.733. The number of nitrogens with one attached hydrogen (secondary N) is 1. The van der Waals surface area contributed by atoms with Gasteiger partial charge in [-0.2, -0.15) is 0 Å². The van der Waals surface area contributed by atoms with Crippen molar-refractivity contribution in [1.82, 2.24) is 5.32 Å². The van der Waals surface area contributed by atoms with Crippen LogP contribution in [0.25, 0.3) is 0 Å². The highest BCUT2D eigenvalue weighted by Gasteiger charge is 2.16. The van der Waals surface area contributed by atoms with E-state index >= 15 is 0 Å². The molecule has 1 unspecified atom stereocenters. The molecule has 0 fully saturated rings. The van der Waals surface area contributed by atoms with Gasteiger partial charge in [-0.15, -0.1) is 0 Å². The first-order valence-corrected chi connectivity index (χ1v) is 6.94. The average molecular weight is 265 g/mol. The number of ether oxygens (including phenoxy) is 2. The number of aryl methyl sites for hydroxylation is 1. The van der Waals surface area contributed by atoms with Crippen molar-refractivity contribution >= 4 is 0 Å². The Morgan fingerprint density at radius 1 is 1.21 bits per heavy atom. The van der Waals surface area contributed by atoms with E-state index < -0.39 is 0 Å². The van der Waals surface area contributed by atoms with Crippen molar-refractivity contribution in [3.05, 3.63) is 29.3 Å². The maximum atomic E-state index is 5.42. The summed E-state index contributed by atoms with van der Waals surface area (Å²) in [6.07, 6.45) is 0. The van der Waals surface area contributed by atoms with Gasteiger partial charge in [0.15, 0.2) is 0 Å². The largest absolute Gasteiger partial charge is 0.496 e. The second-order valence-electron chi connectivity index (χ2n) is 5.28. The third kappa shape index (κ3) is 4.84. The smallest absolute Gasteiger partial charge is 0.122 e. The van der Waals surface area contributed by atoms with Gasteiger partial charge in [-0.25, -0.2) is 0 Å². The zero-order chi connectivity index (χ0) is 14.3. The predicted molar refractivity (Wildman–Crippen MR) is 80.1 cm³/mol. The molecule has 108 valence electrons. The standard InChI is InChI=1S/C16H27NO2/c1-12(2)15(11-17-8-9-18-4)14-7-6-13(3)16(10-14)19-5/h6-7,10,12,15,17H,8-9,11H2,1-5H3. The van der Waals surface area contributed by atoms with E-state index in [0.717, 1.165) is 25.4 Å². The van der Waals surface area contributed by atoms with Crippen LogP contribution in [0.4, 0.5) is 0 Å². The van der Waals surface area contributed by atoms with Crippen LogP contribution in [0.5, 0.6) is 5.75 Å². The molecule has 0 saturated carbocycles. The number of hydrogen-bond acceptors (Lipinski definition) is 3. The van der Waals surface area contributed by atoms with Crippen molar-refractivity contribution < 1.29 is 9.47 Å². The van der Waals surface area contributed by atoms with Crippen molar-refractivity contribution in [2.45, 2.75) is 26.7 Å². The van der Waals surface area contributed by atoms with E-state index in [4.69, 9.17) is 9.47 Å². The van der Waals surface area contributed by atoms with Gasteiger partial charge in [0, 0.05) is 20.2 Å². The van der Waals surface area contributed by atoms with Crippen LogP contribution in [-0.4, -0.2) is 33.9 Å². The maximum absolute atomic E-state index is 5.42. The molecule has 1 rings (SSSR count). The Hall–Kier alpha value is -1.06. The molecule has 0 bridgehead atoms. The van der Waals surface area contributed by atoms with Crippen molar-refractivity contribution in [3.63, 3.8) is 0 Å². The lowest BCUT2D eigenvalue weighted by atomic mass is 9.87. The molecule has 0 spiro atoms. The fourth-order valence-electron chi connectivity index (χ4n) is 2.24. The minimum absolute atomic E-state index is 0.492. The number of rotatable bonds is 8. The topological polar surface area (TPSA) is 30.5 Å². The Morgan fingerprint density at radius 2 is 1.95 bits per heavy atom. The summed E-state index contributed by atoms with van der Waals surface area (Å²) in [6, 6.07) is 6.51. The Bertz CT molecular complexity index is 377. The third-order valence-corrected chi connectivity index (χ3v) is 3.51. The molecule has 0 heterocycles. The van der Waals surface area contributed by atoms with Crippen LogP contribution in [0.2, 0.25) is 0 Å². The highest BCUT2D eigenvalue weighted by molar-refractivity contribution is 5.38. The number of hydrogen-bond donors (Lipinski definition) is 1. The highest BCUT2D eigenvalue weighted by Crippen LogP contribution is 2.28. The van der Waals surface area contributed by atoms with Gasteiger partial charge >= 0.3 is 0 Å². The first-order valence-electron chi connectivity index (χ1n) is 6.94. The minimum atomic E-state index is 0.492. The summed E-state index contributed by atoms with van der Waals surface area (Å²) in [5.41, 5.74) is 2.52. The molecule has 0 saturated heterocycles. The van der Waals surface area contributed by atoms with Gasteiger partial charge in [0.1, 0.15) is 5.75 Å². The molecular formula is C16H27NO2. The van der Waals surface area contributed by atoms with Crippen LogP contribution in [0.3, 0.4) is 0 Å². The zero-order valence-corrected chi connectivity index (χ0v) is 12.8. The summed E-state index contributed by atoms with van der Waals surface area (Å²) in [6.45, 7) is 9.20. The molecule has 0 aliphatic carbocycles. The summed E-state index contributed by atoms with van der Waals surface area (Å²) < 4.78 is 10.5. The Morgan fingerprint density at radius 3 is 2.53 bits per heavy atom. The Labute approximate surface area is 117 Å². The second-order valence-corrected chi connectivity index (χ2v) is 5.28. The van der Waals surface area contributed by atoms with Gasteiger partial charge in [-0.05, 0) is 36.0 Å². The molecule has 0 aromatic heterocycles. The Kier molecular flexibility index (Phi) is 6.89. The van der Waals surface area contributed by atoms with Crippen LogP contribution in [0, 0.1) is 12.8 Å². The molecule has 1 aromatic rings. The van der Waals surface area contributed by atoms with Crippen molar-refractivity contribution in [1.29, 1.82) is 0 Å². The van der Waals surface area contributed by atoms with Crippen molar-refractivity contribution in [2.75, 3.05) is 33.9 Å². The zero-order valence-electron chi connectivity index (χ0n) is 12.8. The van der Waals surface area contributed by atoms with Gasteiger partial charge in [0.05, 0.1) is 13.7 Å². The highest BCUT2D eigenvalue weighted by atomic mass is 16.5. The number of methoxy groups -OCH3 is 2. The second kappa shape index (κ2) is 8.18. The summed E-state index contributed by atoms with van der Waals surface area (Å²) in [7, 11) is 3.46. The van der Waals surface area contributed by atoms with E-state index in [-0.39, 0.29) is 0 Å². The van der Waals surface area contributed by atoms with Crippen LogP contribution >= 0.6 is 0 Å². The fourth-order valence-corrected chi connectivity index (χ4v) is 2.24. The lowest BCUT2D eigenvalue weighted by Crippen LogP contribution is -2.27. The van der Waals surface area contributed by atoms with Gasteiger partial charge in [0.25, 0.3) is 0 Å². The third-order valence-electron chi connectivity index (χ3n) is 3.51. The van der Waals surface area contributed by atoms with Gasteiger partial charge < -0.3 is 14.8 Å². The van der Waals surface area contributed by atoms with Crippen LogP contribution in [0.15, 0.2) is 18.2 Å². The molecule has 1 aromatic carbocycles. The molecule has 0 radical (unpaired) electrons. The molecule has 19 heavy (non-hydrogen) atoms. The van der Waals surface area contributed by atoms with Gasteiger partial charge in [-0.1, -0.05) is 26.0 Å². The molecule has 3 heteroatoms. The normalized spacial score (nSPS) is 12.7. The van der Waals surface area contributed by atoms with E-state index in [0.29, 0.717) is 11.8 Å². The van der Waals surface area contributed by atoms with Crippen LogP contribution < -0.4 is 10.1 Å². The minimum Gasteiger partial charge on any atom is -0.496 e. The molecule has 1 atom stereocenters. The summed E-state index contributed by atoms with van der Waals surface area (Å²) in [5.74, 6) is 2.05. The molecule has 0 amide bonds. The summed E-state index contributed by atoms with van der Waals surface area (Å²) in [5, 5.41) is 3.45. The SMILES string of the molecule is COCCNCC(c1ccc(C)c(OC)c1)C(C)C. The molecule has 0 aliphatic rings. The van der Waals surface area contributed by atoms with Crippen molar-refractivity contribution in [2.24, 2.45) is 5.92 Å². The van der Waals surface area contributed by atoms with E-state index in [1.807, 2.05) is 0 Å². The summed E-state index contributed by atoms with van der Waals surface area (Å²) in [4.78, 5) is 0. The first kappa shape index (κ1) is 16.0.